The van der Waals surface area contributed by atoms with E-state index in [1.54, 1.807) is 25.3 Å². The lowest BCUT2D eigenvalue weighted by molar-refractivity contribution is 0.0950. The van der Waals surface area contributed by atoms with Crippen LogP contribution in [-0.4, -0.2) is 37.7 Å². The fourth-order valence-electron chi connectivity index (χ4n) is 1.81. The molecular formula is C14H17N3O3S2. The molecule has 0 spiro atoms. The van der Waals surface area contributed by atoms with E-state index in [1.165, 1.54) is 31.5 Å². The second kappa shape index (κ2) is 6.55. The van der Waals surface area contributed by atoms with Gasteiger partial charge in [-0.15, -0.1) is 11.3 Å². The smallest absolute Gasteiger partial charge is 0.251 e. The maximum atomic E-state index is 12.3. The standard InChI is InChI=1S/C14H17N3O3S2/c1-10-4-5-11(8-12(10)22(19,20)17(2)3)14(18)16-9-13-15-6-7-21-13/h4-8H,9H2,1-3H3,(H,16,18). The summed E-state index contributed by atoms with van der Waals surface area (Å²) in [6, 6.07) is 4.65. The Balaban J connectivity index is 2.24. The highest BCUT2D eigenvalue weighted by atomic mass is 32.2. The Kier molecular flexibility index (Phi) is 4.94. The van der Waals surface area contributed by atoms with E-state index in [0.29, 0.717) is 17.7 Å². The molecule has 2 aromatic rings. The van der Waals surface area contributed by atoms with Crippen LogP contribution in [0.5, 0.6) is 0 Å². The van der Waals surface area contributed by atoms with Gasteiger partial charge < -0.3 is 5.32 Å². The minimum absolute atomic E-state index is 0.138. The SMILES string of the molecule is Cc1ccc(C(=O)NCc2nccs2)cc1S(=O)(=O)N(C)C. The van der Waals surface area contributed by atoms with Crippen molar-refractivity contribution in [3.63, 3.8) is 0 Å². The van der Waals surface area contributed by atoms with Crippen molar-refractivity contribution in [1.29, 1.82) is 0 Å². The van der Waals surface area contributed by atoms with E-state index in [1.807, 2.05) is 5.38 Å². The number of thiazole rings is 1. The molecule has 0 unspecified atom stereocenters. The van der Waals surface area contributed by atoms with E-state index < -0.39 is 10.0 Å². The molecule has 0 aliphatic rings. The Labute approximate surface area is 133 Å². The van der Waals surface area contributed by atoms with Gasteiger partial charge in [-0.1, -0.05) is 6.07 Å². The van der Waals surface area contributed by atoms with E-state index in [9.17, 15) is 13.2 Å². The van der Waals surface area contributed by atoms with Crippen LogP contribution in [0, 0.1) is 6.92 Å². The minimum Gasteiger partial charge on any atom is -0.346 e. The van der Waals surface area contributed by atoms with Gasteiger partial charge in [-0.3, -0.25) is 4.79 Å². The third-order valence-electron chi connectivity index (χ3n) is 3.09. The largest absolute Gasteiger partial charge is 0.346 e. The van der Waals surface area contributed by atoms with Crippen LogP contribution in [0.4, 0.5) is 0 Å². The third-order valence-corrected chi connectivity index (χ3v) is 5.83. The molecule has 2 rings (SSSR count). The summed E-state index contributed by atoms with van der Waals surface area (Å²) in [6.07, 6.45) is 1.67. The average molecular weight is 339 g/mol. The number of aryl methyl sites for hydroxylation is 1. The van der Waals surface area contributed by atoms with Crippen LogP contribution in [0.25, 0.3) is 0 Å². The molecule has 22 heavy (non-hydrogen) atoms. The molecule has 1 aromatic carbocycles. The maximum Gasteiger partial charge on any atom is 0.251 e. The predicted octanol–water partition coefficient (Wildman–Crippen LogP) is 1.63. The predicted molar refractivity (Wildman–Crippen MR) is 85.3 cm³/mol. The molecule has 0 aliphatic heterocycles. The van der Waals surface area contributed by atoms with Gasteiger partial charge in [0.05, 0.1) is 11.4 Å². The summed E-state index contributed by atoms with van der Waals surface area (Å²) >= 11 is 1.45. The number of nitrogens with one attached hydrogen (secondary N) is 1. The first kappa shape index (κ1) is 16.6. The van der Waals surface area contributed by atoms with Gasteiger partial charge in [0, 0.05) is 31.2 Å². The van der Waals surface area contributed by atoms with Crippen molar-refractivity contribution in [1.82, 2.24) is 14.6 Å². The molecule has 0 radical (unpaired) electrons. The lowest BCUT2D eigenvalue weighted by atomic mass is 10.1. The molecule has 1 aromatic heterocycles. The Morgan fingerprint density at radius 1 is 1.36 bits per heavy atom. The summed E-state index contributed by atoms with van der Waals surface area (Å²) in [6.45, 7) is 2.02. The van der Waals surface area contributed by atoms with E-state index in [-0.39, 0.29) is 10.8 Å². The molecule has 0 saturated heterocycles. The van der Waals surface area contributed by atoms with Crippen LogP contribution < -0.4 is 5.32 Å². The van der Waals surface area contributed by atoms with Crippen molar-refractivity contribution >= 4 is 27.3 Å². The van der Waals surface area contributed by atoms with Gasteiger partial charge in [0.15, 0.2) is 0 Å². The number of nitrogens with zero attached hydrogens (tertiary/aromatic N) is 2. The van der Waals surface area contributed by atoms with Crippen LogP contribution in [0.1, 0.15) is 20.9 Å². The monoisotopic (exact) mass is 339 g/mol. The highest BCUT2D eigenvalue weighted by molar-refractivity contribution is 7.89. The van der Waals surface area contributed by atoms with E-state index >= 15 is 0 Å². The zero-order valence-electron chi connectivity index (χ0n) is 12.5. The number of hydrogen-bond donors (Lipinski definition) is 1. The Morgan fingerprint density at radius 3 is 2.68 bits per heavy atom. The lowest BCUT2D eigenvalue weighted by Crippen LogP contribution is -2.25. The van der Waals surface area contributed by atoms with Crippen molar-refractivity contribution < 1.29 is 13.2 Å². The number of benzene rings is 1. The molecule has 118 valence electrons. The number of carbonyl (C=O) groups excluding carboxylic acids is 1. The molecule has 1 amide bonds. The molecule has 0 atom stereocenters. The van der Waals surface area contributed by atoms with Crippen molar-refractivity contribution in [2.24, 2.45) is 0 Å². The van der Waals surface area contributed by atoms with Crippen molar-refractivity contribution in [2.75, 3.05) is 14.1 Å². The Morgan fingerprint density at radius 2 is 2.09 bits per heavy atom. The number of rotatable bonds is 5. The third kappa shape index (κ3) is 3.52. The summed E-state index contributed by atoms with van der Waals surface area (Å²) in [4.78, 5) is 16.4. The topological polar surface area (TPSA) is 79.4 Å². The number of carbonyl (C=O) groups is 1. The first-order valence-electron chi connectivity index (χ1n) is 6.52. The second-order valence-corrected chi connectivity index (χ2v) is 7.98. The average Bonchev–Trinajstić information content (AvgIpc) is 2.98. The fourth-order valence-corrected chi connectivity index (χ4v) is 3.51. The lowest BCUT2D eigenvalue weighted by Gasteiger charge is -2.14. The van der Waals surface area contributed by atoms with Crippen LogP contribution in [0.2, 0.25) is 0 Å². The Hall–Kier alpha value is -1.77. The minimum atomic E-state index is -3.58. The van der Waals surface area contributed by atoms with Gasteiger partial charge in [-0.25, -0.2) is 17.7 Å². The van der Waals surface area contributed by atoms with Gasteiger partial charge in [-0.2, -0.15) is 0 Å². The van der Waals surface area contributed by atoms with Gasteiger partial charge in [0.2, 0.25) is 10.0 Å². The van der Waals surface area contributed by atoms with E-state index in [2.05, 4.69) is 10.3 Å². The zero-order valence-corrected chi connectivity index (χ0v) is 14.2. The van der Waals surface area contributed by atoms with Gasteiger partial charge >= 0.3 is 0 Å². The van der Waals surface area contributed by atoms with Crippen molar-refractivity contribution in [3.8, 4) is 0 Å². The normalized spacial score (nSPS) is 11.6. The number of aromatic nitrogens is 1. The van der Waals surface area contributed by atoms with Crippen LogP contribution >= 0.6 is 11.3 Å². The molecule has 1 N–H and O–H groups in total. The highest BCUT2D eigenvalue weighted by Gasteiger charge is 2.21. The summed E-state index contributed by atoms with van der Waals surface area (Å²) in [5, 5.41) is 5.35. The van der Waals surface area contributed by atoms with Crippen LogP contribution in [0.3, 0.4) is 0 Å². The zero-order chi connectivity index (χ0) is 16.3. The Bertz CT molecular complexity index is 769. The van der Waals surface area contributed by atoms with Crippen LogP contribution in [0.15, 0.2) is 34.7 Å². The maximum absolute atomic E-state index is 12.3. The molecular weight excluding hydrogens is 322 g/mol. The number of hydrogen-bond acceptors (Lipinski definition) is 5. The first-order valence-corrected chi connectivity index (χ1v) is 8.84. The van der Waals surface area contributed by atoms with Crippen molar-refractivity contribution in [3.05, 3.63) is 45.9 Å². The molecule has 0 saturated carbocycles. The molecule has 8 heteroatoms. The summed E-state index contributed by atoms with van der Waals surface area (Å²) < 4.78 is 25.6. The van der Waals surface area contributed by atoms with Crippen molar-refractivity contribution in [2.45, 2.75) is 18.4 Å². The summed E-state index contributed by atoms with van der Waals surface area (Å²) in [5.41, 5.74) is 0.910. The van der Waals surface area contributed by atoms with Gasteiger partial charge in [0.25, 0.3) is 5.91 Å². The molecule has 0 fully saturated rings. The van der Waals surface area contributed by atoms with E-state index in [4.69, 9.17) is 0 Å². The van der Waals surface area contributed by atoms with Crippen LogP contribution in [-0.2, 0) is 16.6 Å². The summed E-state index contributed by atoms with van der Waals surface area (Å²) in [5.74, 6) is -0.328. The number of amides is 1. The van der Waals surface area contributed by atoms with Gasteiger partial charge in [0.1, 0.15) is 5.01 Å². The molecule has 1 heterocycles. The van der Waals surface area contributed by atoms with Gasteiger partial charge in [-0.05, 0) is 24.6 Å². The second-order valence-electron chi connectivity index (χ2n) is 4.88. The molecule has 6 nitrogen and oxygen atoms in total. The summed E-state index contributed by atoms with van der Waals surface area (Å²) in [7, 11) is -0.654. The quantitative estimate of drug-likeness (QED) is 0.898. The highest BCUT2D eigenvalue weighted by Crippen LogP contribution is 2.20. The fraction of sp³-hybridized carbons (Fsp3) is 0.286. The molecule has 0 aliphatic carbocycles. The van der Waals surface area contributed by atoms with E-state index in [0.717, 1.165) is 9.31 Å². The first-order chi connectivity index (χ1) is 10.3. The molecule has 0 bridgehead atoms. The number of sulfonamides is 1.